The molecule has 8 aromatic rings. The highest BCUT2D eigenvalue weighted by molar-refractivity contribution is 7.00. The third kappa shape index (κ3) is 7.43. The van der Waals surface area contributed by atoms with Crippen LogP contribution in [0.4, 0.5) is 45.5 Å². The van der Waals surface area contributed by atoms with Crippen LogP contribution in [0.3, 0.4) is 0 Å². The zero-order valence-electron chi connectivity index (χ0n) is 48.7. The van der Waals surface area contributed by atoms with Crippen LogP contribution in [0.5, 0.6) is 0 Å². The molecule has 0 saturated carbocycles. The van der Waals surface area contributed by atoms with E-state index in [-0.39, 0.29) is 39.3 Å². The van der Waals surface area contributed by atoms with Crippen molar-refractivity contribution in [3.8, 4) is 11.1 Å². The van der Waals surface area contributed by atoms with Crippen LogP contribution in [0.2, 0.25) is 0 Å². The maximum absolute atomic E-state index is 2.77. The van der Waals surface area contributed by atoms with E-state index in [1.807, 2.05) is 0 Å². The molecule has 0 N–H and O–H groups in total. The zero-order chi connectivity index (χ0) is 54.1. The summed E-state index contributed by atoms with van der Waals surface area (Å²) < 4.78 is 0. The van der Waals surface area contributed by atoms with Crippen molar-refractivity contribution in [3.05, 3.63) is 207 Å². The van der Waals surface area contributed by atoms with Gasteiger partial charge in [0.15, 0.2) is 0 Å². The predicted octanol–water partition coefficient (Wildman–Crippen LogP) is 17.3. The molecule has 4 heteroatoms. The van der Waals surface area contributed by atoms with Gasteiger partial charge in [0.25, 0.3) is 6.71 Å². The summed E-state index contributed by atoms with van der Waals surface area (Å²) in [5.41, 5.74) is 30.4. The second-order valence-electron chi connectivity index (χ2n) is 28.2. The van der Waals surface area contributed by atoms with Crippen molar-refractivity contribution in [3.63, 3.8) is 0 Å². The molecule has 0 radical (unpaired) electrons. The number of hydrogen-bond acceptors (Lipinski definition) is 3. The van der Waals surface area contributed by atoms with E-state index in [1.165, 1.54) is 129 Å². The Morgan fingerprint density at radius 2 is 1.03 bits per heavy atom. The molecule has 0 aromatic heterocycles. The second kappa shape index (κ2) is 16.6. The Morgan fingerprint density at radius 1 is 0.455 bits per heavy atom. The molecule has 0 amide bonds. The fourth-order valence-corrected chi connectivity index (χ4v) is 14.9. The fraction of sp³-hybridized carbons (Fsp3) is 0.342. The first kappa shape index (κ1) is 49.8. The number of benzene rings is 8. The molecule has 0 fully saturated rings. The van der Waals surface area contributed by atoms with Crippen LogP contribution >= 0.6 is 0 Å². The van der Waals surface area contributed by atoms with Crippen molar-refractivity contribution in [2.75, 3.05) is 14.7 Å². The normalized spacial score (nSPS) is 19.8. The smallest absolute Gasteiger partial charge is 0.252 e. The lowest BCUT2D eigenvalue weighted by atomic mass is 9.33. The lowest BCUT2D eigenvalue weighted by molar-refractivity contribution is 0.245. The molecule has 388 valence electrons. The van der Waals surface area contributed by atoms with Gasteiger partial charge in [0.1, 0.15) is 0 Å². The molecule has 8 aromatic carbocycles. The number of nitrogens with zero attached hydrogens (tertiary/aromatic N) is 3. The van der Waals surface area contributed by atoms with E-state index in [2.05, 4.69) is 270 Å². The van der Waals surface area contributed by atoms with Gasteiger partial charge in [-0.2, -0.15) is 0 Å². The minimum absolute atomic E-state index is 0.000748. The Labute approximate surface area is 461 Å². The van der Waals surface area contributed by atoms with Gasteiger partial charge in [-0.3, -0.25) is 0 Å². The van der Waals surface area contributed by atoms with Crippen molar-refractivity contribution in [2.24, 2.45) is 5.41 Å². The van der Waals surface area contributed by atoms with Crippen LogP contribution in [0.15, 0.2) is 152 Å². The standard InChI is InChI=1S/C73H78BN3/c1-45-35-65-67-66(36-45)76(61-31-26-52(69(6,7)8)40-55(61)47-21-17-16-18-22-47)63-39-50-44-71(12,13)43-49(50)38-59(63)74(67)58-29-28-54(42-64(58)75(65)60-30-25-51(37-46(60)2)68(3,4)5)77-62-32-27-53(70(9,10)11)41-57(62)72(14)34-33-48-23-19-20-24-56(48)73(72,77)15/h16-32,35-42H,33-34,43-44H2,1-15H3. The second-order valence-corrected chi connectivity index (χ2v) is 28.2. The van der Waals surface area contributed by atoms with E-state index in [0.717, 1.165) is 25.7 Å². The van der Waals surface area contributed by atoms with Crippen LogP contribution < -0.4 is 31.1 Å². The number of hydrogen-bond donors (Lipinski definition) is 0. The van der Waals surface area contributed by atoms with Crippen LogP contribution in [-0.2, 0) is 46.5 Å². The van der Waals surface area contributed by atoms with Gasteiger partial charge in [0.05, 0.1) is 11.2 Å². The van der Waals surface area contributed by atoms with Gasteiger partial charge in [-0.1, -0.05) is 180 Å². The molecule has 0 saturated heterocycles. The molecule has 2 unspecified atom stereocenters. The predicted molar refractivity (Wildman–Crippen MR) is 331 cm³/mol. The number of anilines is 8. The molecular formula is C73H78BN3. The largest absolute Gasteiger partial charge is 0.330 e. The zero-order valence-corrected chi connectivity index (χ0v) is 48.7. The Kier molecular flexibility index (Phi) is 10.7. The van der Waals surface area contributed by atoms with Gasteiger partial charge in [-0.15, -0.1) is 0 Å². The van der Waals surface area contributed by atoms with Crippen LogP contribution in [-0.4, -0.2) is 6.71 Å². The lowest BCUT2D eigenvalue weighted by Gasteiger charge is -2.51. The average molecular weight is 1010 g/mol. The SMILES string of the molecule is Cc1cc2c3c(c1)N(c1ccc(C(C)(C)C)cc1-c1ccccc1)c1cc4c(cc1B3c1ccc(N3c5ccc(C(C)(C)C)cc5C5(C)CCc6ccccc6C35C)cc1N2c1ccc(C(C)(C)C)cc1C)CC(C)(C)C4. The molecule has 0 bridgehead atoms. The lowest BCUT2D eigenvalue weighted by Crippen LogP contribution is -2.61. The Balaban J connectivity index is 1.11. The fourth-order valence-electron chi connectivity index (χ4n) is 14.9. The first-order chi connectivity index (χ1) is 36.4. The molecule has 13 rings (SSSR count). The summed E-state index contributed by atoms with van der Waals surface area (Å²) in [7, 11) is 0. The summed E-state index contributed by atoms with van der Waals surface area (Å²) >= 11 is 0. The Bertz CT molecular complexity index is 3760. The van der Waals surface area contributed by atoms with Gasteiger partial charge in [-0.25, -0.2) is 0 Å². The Hall–Kier alpha value is -6.78. The summed E-state index contributed by atoms with van der Waals surface area (Å²) in [6, 6.07) is 60.5. The van der Waals surface area contributed by atoms with Crippen LogP contribution in [0, 0.1) is 19.3 Å². The number of rotatable bonds is 4. The van der Waals surface area contributed by atoms with Gasteiger partial charge >= 0.3 is 0 Å². The molecule has 2 aliphatic carbocycles. The summed E-state index contributed by atoms with van der Waals surface area (Å²) in [4.78, 5) is 8.13. The molecule has 3 nitrogen and oxygen atoms in total. The molecule has 5 aliphatic rings. The molecule has 3 aliphatic heterocycles. The van der Waals surface area contributed by atoms with Gasteiger partial charge in [0, 0.05) is 50.8 Å². The van der Waals surface area contributed by atoms with Crippen molar-refractivity contribution in [1.82, 2.24) is 0 Å². The van der Waals surface area contributed by atoms with E-state index < -0.39 is 0 Å². The van der Waals surface area contributed by atoms with Crippen LogP contribution in [0.1, 0.15) is 152 Å². The van der Waals surface area contributed by atoms with Crippen molar-refractivity contribution in [2.45, 2.75) is 157 Å². The summed E-state index contributed by atoms with van der Waals surface area (Å²) in [5, 5.41) is 0. The minimum Gasteiger partial charge on any atom is -0.330 e. The van der Waals surface area contributed by atoms with Gasteiger partial charge in [-0.05, 0) is 200 Å². The van der Waals surface area contributed by atoms with E-state index in [1.54, 1.807) is 0 Å². The maximum atomic E-state index is 2.77. The van der Waals surface area contributed by atoms with E-state index in [0.29, 0.717) is 0 Å². The van der Waals surface area contributed by atoms with E-state index >= 15 is 0 Å². The average Bonchev–Trinajstić information content (AvgIpc) is 3.76. The minimum atomic E-state index is -0.343. The highest BCUT2D eigenvalue weighted by Crippen LogP contribution is 2.64. The summed E-state index contributed by atoms with van der Waals surface area (Å²) in [6.07, 6.45) is 4.31. The van der Waals surface area contributed by atoms with Crippen molar-refractivity contribution in [1.29, 1.82) is 0 Å². The van der Waals surface area contributed by atoms with Crippen molar-refractivity contribution >= 4 is 68.6 Å². The summed E-state index contributed by atoms with van der Waals surface area (Å²) in [6.45, 7) is 35.8. The van der Waals surface area contributed by atoms with Crippen molar-refractivity contribution < 1.29 is 0 Å². The van der Waals surface area contributed by atoms with E-state index in [4.69, 9.17) is 0 Å². The van der Waals surface area contributed by atoms with E-state index in [9.17, 15) is 0 Å². The van der Waals surface area contributed by atoms with Crippen LogP contribution in [0.25, 0.3) is 11.1 Å². The Morgan fingerprint density at radius 3 is 1.69 bits per heavy atom. The first-order valence-corrected chi connectivity index (χ1v) is 28.7. The molecule has 2 atom stereocenters. The van der Waals surface area contributed by atoms with Gasteiger partial charge in [0.2, 0.25) is 0 Å². The van der Waals surface area contributed by atoms with Gasteiger partial charge < -0.3 is 14.7 Å². The maximum Gasteiger partial charge on any atom is 0.252 e. The molecule has 0 spiro atoms. The molecule has 3 heterocycles. The third-order valence-corrected chi connectivity index (χ3v) is 19.3. The highest BCUT2D eigenvalue weighted by Gasteiger charge is 2.60. The highest BCUT2D eigenvalue weighted by atomic mass is 15.3. The monoisotopic (exact) mass is 1010 g/mol. The molecular weight excluding hydrogens is 930 g/mol. The first-order valence-electron chi connectivity index (χ1n) is 28.7. The third-order valence-electron chi connectivity index (χ3n) is 19.3. The quantitative estimate of drug-likeness (QED) is 0.163. The number of fused-ring (bicyclic) bond motifs is 10. The topological polar surface area (TPSA) is 9.72 Å². The number of aryl methyl sites for hydroxylation is 3. The summed E-state index contributed by atoms with van der Waals surface area (Å²) in [5.74, 6) is 0. The molecule has 77 heavy (non-hydrogen) atoms.